The minimum atomic E-state index is -0.858. The summed E-state index contributed by atoms with van der Waals surface area (Å²) in [5, 5.41) is 10.1. The number of benzene rings is 1. The summed E-state index contributed by atoms with van der Waals surface area (Å²) in [7, 11) is 0. The number of aromatic nitrogens is 1. The van der Waals surface area contributed by atoms with Gasteiger partial charge in [0.05, 0.1) is 10.7 Å². The Morgan fingerprint density at radius 2 is 2.05 bits per heavy atom. The van der Waals surface area contributed by atoms with E-state index in [9.17, 15) is 9.90 Å². The molecule has 0 amide bonds. The van der Waals surface area contributed by atoms with Crippen molar-refractivity contribution in [3.8, 4) is 0 Å². The number of nitrogens with two attached hydrogens (primary N) is 1. The van der Waals surface area contributed by atoms with Crippen LogP contribution < -0.4 is 5.73 Å². The SMILES string of the molecule is Nc1ccc(Cc2nc(C3CC3)c(C(=O)O)s2)cc1. The molecule has 3 N–H and O–H groups in total. The number of carboxylic acids is 1. The molecule has 5 heteroatoms. The minimum Gasteiger partial charge on any atom is -0.477 e. The van der Waals surface area contributed by atoms with Crippen molar-refractivity contribution in [1.82, 2.24) is 4.98 Å². The van der Waals surface area contributed by atoms with Gasteiger partial charge < -0.3 is 10.8 Å². The quantitative estimate of drug-likeness (QED) is 0.840. The lowest BCUT2D eigenvalue weighted by Gasteiger charge is -1.98. The van der Waals surface area contributed by atoms with Gasteiger partial charge in [0.15, 0.2) is 0 Å². The van der Waals surface area contributed by atoms with Gasteiger partial charge >= 0.3 is 5.97 Å². The maximum atomic E-state index is 11.2. The summed E-state index contributed by atoms with van der Waals surface area (Å²) in [5.74, 6) is -0.495. The second-order valence-electron chi connectivity index (χ2n) is 4.82. The lowest BCUT2D eigenvalue weighted by Crippen LogP contribution is -1.97. The zero-order valence-electron chi connectivity index (χ0n) is 10.3. The summed E-state index contributed by atoms with van der Waals surface area (Å²) < 4.78 is 0. The molecule has 1 aliphatic carbocycles. The van der Waals surface area contributed by atoms with E-state index in [-0.39, 0.29) is 0 Å². The number of anilines is 1. The van der Waals surface area contributed by atoms with E-state index in [0.29, 0.717) is 17.2 Å². The fraction of sp³-hybridized carbons (Fsp3) is 0.286. The second-order valence-corrected chi connectivity index (χ2v) is 5.90. The summed E-state index contributed by atoms with van der Waals surface area (Å²) in [4.78, 5) is 16.1. The number of hydrogen-bond acceptors (Lipinski definition) is 4. The van der Waals surface area contributed by atoms with E-state index in [2.05, 4.69) is 4.98 Å². The molecule has 19 heavy (non-hydrogen) atoms. The molecule has 0 radical (unpaired) electrons. The van der Waals surface area contributed by atoms with Gasteiger partial charge in [-0.3, -0.25) is 0 Å². The van der Waals surface area contributed by atoms with Gasteiger partial charge in [0.1, 0.15) is 4.88 Å². The molecule has 0 saturated heterocycles. The average molecular weight is 274 g/mol. The van der Waals surface area contributed by atoms with Gasteiger partial charge in [-0.1, -0.05) is 12.1 Å². The van der Waals surface area contributed by atoms with Gasteiger partial charge in [-0.05, 0) is 30.5 Å². The largest absolute Gasteiger partial charge is 0.477 e. The van der Waals surface area contributed by atoms with Gasteiger partial charge in [-0.15, -0.1) is 11.3 Å². The van der Waals surface area contributed by atoms with E-state index in [1.54, 1.807) is 0 Å². The fourth-order valence-electron chi connectivity index (χ4n) is 2.05. The van der Waals surface area contributed by atoms with Crippen molar-refractivity contribution in [1.29, 1.82) is 0 Å². The molecular weight excluding hydrogens is 260 g/mol. The number of hydrogen-bond donors (Lipinski definition) is 2. The van der Waals surface area contributed by atoms with Crippen LogP contribution in [0, 0.1) is 0 Å². The summed E-state index contributed by atoms with van der Waals surface area (Å²) in [6, 6.07) is 7.60. The van der Waals surface area contributed by atoms with E-state index >= 15 is 0 Å². The van der Waals surface area contributed by atoms with Crippen LogP contribution in [0.1, 0.15) is 44.7 Å². The van der Waals surface area contributed by atoms with E-state index in [1.165, 1.54) is 11.3 Å². The zero-order chi connectivity index (χ0) is 13.4. The van der Waals surface area contributed by atoms with Crippen LogP contribution in [0.2, 0.25) is 0 Å². The summed E-state index contributed by atoms with van der Waals surface area (Å²) >= 11 is 1.29. The number of rotatable bonds is 4. The standard InChI is InChI=1S/C14H14N2O2S/c15-10-5-1-8(2-6-10)7-11-16-12(9-3-4-9)13(19-11)14(17)18/h1-2,5-6,9H,3-4,7,15H2,(H,17,18). The Hall–Kier alpha value is -1.88. The third-order valence-electron chi connectivity index (χ3n) is 3.19. The zero-order valence-corrected chi connectivity index (χ0v) is 11.1. The molecule has 1 heterocycles. The van der Waals surface area contributed by atoms with Gasteiger partial charge in [0, 0.05) is 18.0 Å². The third kappa shape index (κ3) is 2.61. The molecule has 1 saturated carbocycles. The molecule has 1 fully saturated rings. The van der Waals surface area contributed by atoms with Gasteiger partial charge in [0.25, 0.3) is 0 Å². The first-order valence-corrected chi connectivity index (χ1v) is 7.02. The van der Waals surface area contributed by atoms with Crippen LogP contribution in [-0.2, 0) is 6.42 Å². The van der Waals surface area contributed by atoms with Crippen molar-refractivity contribution in [2.75, 3.05) is 5.73 Å². The molecule has 98 valence electrons. The monoisotopic (exact) mass is 274 g/mol. The molecule has 4 nitrogen and oxygen atoms in total. The van der Waals surface area contributed by atoms with Crippen molar-refractivity contribution >= 4 is 23.0 Å². The predicted octanol–water partition coefficient (Wildman–Crippen LogP) is 2.89. The van der Waals surface area contributed by atoms with Crippen molar-refractivity contribution in [3.05, 3.63) is 45.4 Å². The smallest absolute Gasteiger partial charge is 0.347 e. The van der Waals surface area contributed by atoms with E-state index in [1.807, 2.05) is 24.3 Å². The van der Waals surface area contributed by atoms with E-state index < -0.39 is 5.97 Å². The fourth-order valence-corrected chi connectivity index (χ4v) is 3.07. The first-order valence-electron chi connectivity index (χ1n) is 6.21. The van der Waals surface area contributed by atoms with Crippen LogP contribution in [-0.4, -0.2) is 16.1 Å². The van der Waals surface area contributed by atoms with Crippen LogP contribution in [0.3, 0.4) is 0 Å². The Morgan fingerprint density at radius 3 is 2.63 bits per heavy atom. The summed E-state index contributed by atoms with van der Waals surface area (Å²) in [5.41, 5.74) is 8.25. The number of carboxylic acid groups (broad SMARTS) is 1. The number of thiazole rings is 1. The van der Waals surface area contributed by atoms with Crippen LogP contribution >= 0.6 is 11.3 Å². The Balaban J connectivity index is 1.86. The van der Waals surface area contributed by atoms with Gasteiger partial charge in [-0.25, -0.2) is 9.78 Å². The maximum absolute atomic E-state index is 11.2. The first-order chi connectivity index (χ1) is 9.13. The lowest BCUT2D eigenvalue weighted by atomic mass is 10.1. The summed E-state index contributed by atoms with van der Waals surface area (Å²) in [6.07, 6.45) is 2.79. The molecular formula is C14H14N2O2S. The molecule has 1 aliphatic rings. The molecule has 0 bridgehead atoms. The topological polar surface area (TPSA) is 76.2 Å². The highest BCUT2D eigenvalue weighted by Crippen LogP contribution is 2.42. The van der Waals surface area contributed by atoms with Crippen molar-refractivity contribution in [2.24, 2.45) is 0 Å². The predicted molar refractivity (Wildman–Crippen MR) is 74.7 cm³/mol. The molecule has 0 spiro atoms. The van der Waals surface area contributed by atoms with Crippen molar-refractivity contribution in [3.63, 3.8) is 0 Å². The minimum absolute atomic E-state index is 0.363. The maximum Gasteiger partial charge on any atom is 0.347 e. The van der Waals surface area contributed by atoms with Crippen molar-refractivity contribution < 1.29 is 9.90 Å². The van der Waals surface area contributed by atoms with Crippen LogP contribution in [0.25, 0.3) is 0 Å². The van der Waals surface area contributed by atoms with Crippen LogP contribution in [0.15, 0.2) is 24.3 Å². The van der Waals surface area contributed by atoms with Crippen LogP contribution in [0.4, 0.5) is 5.69 Å². The van der Waals surface area contributed by atoms with Gasteiger partial charge in [-0.2, -0.15) is 0 Å². The molecule has 3 rings (SSSR count). The normalized spacial score (nSPS) is 14.5. The molecule has 0 atom stereocenters. The molecule has 2 aromatic rings. The first kappa shape index (κ1) is 12.2. The molecule has 1 aromatic heterocycles. The Kier molecular flexibility index (Phi) is 2.98. The number of aromatic carboxylic acids is 1. The van der Waals surface area contributed by atoms with E-state index in [4.69, 9.17) is 5.73 Å². The highest BCUT2D eigenvalue weighted by Gasteiger charge is 2.31. The number of carbonyl (C=O) groups is 1. The number of nitrogen functional groups attached to an aromatic ring is 1. The van der Waals surface area contributed by atoms with Crippen molar-refractivity contribution in [2.45, 2.75) is 25.2 Å². The molecule has 0 unspecified atom stereocenters. The Labute approximate surface area is 114 Å². The van der Waals surface area contributed by atoms with Gasteiger partial charge in [0.2, 0.25) is 0 Å². The summed E-state index contributed by atoms with van der Waals surface area (Å²) in [6.45, 7) is 0. The highest BCUT2D eigenvalue weighted by molar-refractivity contribution is 7.13. The van der Waals surface area contributed by atoms with E-state index in [0.717, 1.165) is 34.8 Å². The highest BCUT2D eigenvalue weighted by atomic mass is 32.1. The number of nitrogens with zero attached hydrogens (tertiary/aromatic N) is 1. The lowest BCUT2D eigenvalue weighted by molar-refractivity contribution is 0.0700. The van der Waals surface area contributed by atoms with Crippen LogP contribution in [0.5, 0.6) is 0 Å². The molecule has 0 aliphatic heterocycles. The molecule has 1 aromatic carbocycles. The average Bonchev–Trinajstić information content (AvgIpc) is 3.13. The third-order valence-corrected chi connectivity index (χ3v) is 4.25. The second kappa shape index (κ2) is 4.66. The Morgan fingerprint density at radius 1 is 1.37 bits per heavy atom. The Bertz CT molecular complexity index is 615.